The molecule has 2 aromatic rings. The van der Waals surface area contributed by atoms with E-state index in [1.54, 1.807) is 4.68 Å². The number of carbonyl (C=O) groups excluding carboxylic acids is 1. The number of carbonyl (C=O) groups is 1. The van der Waals surface area contributed by atoms with E-state index >= 15 is 0 Å². The fourth-order valence-electron chi connectivity index (χ4n) is 1.43. The second-order valence-corrected chi connectivity index (χ2v) is 4.44. The summed E-state index contributed by atoms with van der Waals surface area (Å²) < 4.78 is 1.67. The van der Waals surface area contributed by atoms with Gasteiger partial charge in [0.15, 0.2) is 0 Å². The first kappa shape index (κ1) is 12.9. The van der Waals surface area contributed by atoms with Crippen LogP contribution in [0.2, 0.25) is 10.3 Å². The summed E-state index contributed by atoms with van der Waals surface area (Å²) in [6.07, 6.45) is 1.81. The number of aryl methyl sites for hydroxylation is 1. The van der Waals surface area contributed by atoms with Crippen molar-refractivity contribution in [1.29, 1.82) is 0 Å². The molecule has 5 nitrogen and oxygen atoms in total. The first-order chi connectivity index (χ1) is 8.54. The van der Waals surface area contributed by atoms with Crippen molar-refractivity contribution in [1.82, 2.24) is 20.1 Å². The van der Waals surface area contributed by atoms with Gasteiger partial charge in [0.1, 0.15) is 10.3 Å². The summed E-state index contributed by atoms with van der Waals surface area (Å²) in [7, 11) is 1.81. The topological polar surface area (TPSA) is 59.8 Å². The third-order valence-corrected chi connectivity index (χ3v) is 2.61. The SMILES string of the molecule is Cn1ccc(CNC(=O)c2cc(Cl)nc(Cl)c2)n1. The van der Waals surface area contributed by atoms with Gasteiger partial charge in [-0.1, -0.05) is 23.2 Å². The summed E-state index contributed by atoms with van der Waals surface area (Å²) in [5.74, 6) is -0.271. The van der Waals surface area contributed by atoms with E-state index in [9.17, 15) is 4.79 Å². The highest BCUT2D eigenvalue weighted by molar-refractivity contribution is 6.33. The maximum atomic E-state index is 11.8. The van der Waals surface area contributed by atoms with Gasteiger partial charge in [-0.05, 0) is 18.2 Å². The lowest BCUT2D eigenvalue weighted by molar-refractivity contribution is 0.0950. The van der Waals surface area contributed by atoms with Gasteiger partial charge in [-0.25, -0.2) is 4.98 Å². The number of hydrogen-bond acceptors (Lipinski definition) is 3. The molecule has 0 fully saturated rings. The number of aromatic nitrogens is 3. The molecule has 0 aliphatic carbocycles. The summed E-state index contributed by atoms with van der Waals surface area (Å²) >= 11 is 11.4. The van der Waals surface area contributed by atoms with Gasteiger partial charge < -0.3 is 5.32 Å². The van der Waals surface area contributed by atoms with Crippen LogP contribution >= 0.6 is 23.2 Å². The predicted molar refractivity (Wildman–Crippen MR) is 68.6 cm³/mol. The van der Waals surface area contributed by atoms with Crippen molar-refractivity contribution in [2.75, 3.05) is 0 Å². The largest absolute Gasteiger partial charge is 0.346 e. The summed E-state index contributed by atoms with van der Waals surface area (Å²) in [5, 5.41) is 7.24. The number of nitrogens with zero attached hydrogens (tertiary/aromatic N) is 3. The number of amides is 1. The highest BCUT2D eigenvalue weighted by Crippen LogP contribution is 2.14. The van der Waals surface area contributed by atoms with Crippen LogP contribution in [0, 0.1) is 0 Å². The maximum absolute atomic E-state index is 11.8. The molecule has 0 aromatic carbocycles. The second kappa shape index (κ2) is 5.37. The minimum absolute atomic E-state index is 0.186. The van der Waals surface area contributed by atoms with Crippen LogP contribution in [-0.4, -0.2) is 20.7 Å². The Bertz CT molecular complexity index is 562. The average Bonchev–Trinajstić information content (AvgIpc) is 2.70. The molecule has 0 saturated heterocycles. The first-order valence-electron chi connectivity index (χ1n) is 5.14. The standard InChI is InChI=1S/C11H10Cl2N4O/c1-17-3-2-8(16-17)6-14-11(18)7-4-9(12)15-10(13)5-7/h2-5H,6H2,1H3,(H,14,18). The monoisotopic (exact) mass is 284 g/mol. The van der Waals surface area contributed by atoms with Crippen LogP contribution in [0.5, 0.6) is 0 Å². The van der Waals surface area contributed by atoms with Crippen molar-refractivity contribution in [2.45, 2.75) is 6.54 Å². The van der Waals surface area contributed by atoms with Gasteiger partial charge in [0.05, 0.1) is 12.2 Å². The van der Waals surface area contributed by atoms with Crippen molar-refractivity contribution < 1.29 is 4.79 Å². The molecule has 2 rings (SSSR count). The number of rotatable bonds is 3. The molecular weight excluding hydrogens is 275 g/mol. The Labute approximate surface area is 114 Å². The molecule has 18 heavy (non-hydrogen) atoms. The molecule has 1 N–H and O–H groups in total. The van der Waals surface area contributed by atoms with E-state index in [0.717, 1.165) is 5.69 Å². The molecule has 1 amide bonds. The third-order valence-electron chi connectivity index (χ3n) is 2.22. The van der Waals surface area contributed by atoms with Crippen LogP contribution in [0.15, 0.2) is 24.4 Å². The summed E-state index contributed by atoms with van der Waals surface area (Å²) in [5.41, 5.74) is 1.15. The quantitative estimate of drug-likeness (QED) is 0.878. The first-order valence-corrected chi connectivity index (χ1v) is 5.90. The van der Waals surface area contributed by atoms with Gasteiger partial charge in [-0.2, -0.15) is 5.10 Å². The Morgan fingerprint density at radius 2 is 2.06 bits per heavy atom. The lowest BCUT2D eigenvalue weighted by Gasteiger charge is -2.04. The smallest absolute Gasteiger partial charge is 0.251 e. The van der Waals surface area contributed by atoms with E-state index in [2.05, 4.69) is 15.4 Å². The predicted octanol–water partition coefficient (Wildman–Crippen LogP) is 2.05. The lowest BCUT2D eigenvalue weighted by atomic mass is 10.2. The molecule has 0 bridgehead atoms. The molecule has 7 heteroatoms. The Kier molecular flexibility index (Phi) is 3.84. The van der Waals surface area contributed by atoms with Gasteiger partial charge in [0.2, 0.25) is 0 Å². The zero-order valence-electron chi connectivity index (χ0n) is 9.52. The van der Waals surface area contributed by atoms with E-state index in [0.29, 0.717) is 12.1 Å². The highest BCUT2D eigenvalue weighted by Gasteiger charge is 2.09. The van der Waals surface area contributed by atoms with Crippen molar-refractivity contribution >= 4 is 29.1 Å². The summed E-state index contributed by atoms with van der Waals surface area (Å²) in [4.78, 5) is 15.6. The normalized spacial score (nSPS) is 10.4. The van der Waals surface area contributed by atoms with Crippen LogP contribution in [0.4, 0.5) is 0 Å². The zero-order valence-corrected chi connectivity index (χ0v) is 11.0. The number of nitrogens with one attached hydrogen (secondary N) is 1. The Hall–Kier alpha value is -1.59. The average molecular weight is 285 g/mol. The Balaban J connectivity index is 2.03. The van der Waals surface area contributed by atoms with Crippen molar-refractivity contribution in [3.8, 4) is 0 Å². The fourth-order valence-corrected chi connectivity index (χ4v) is 1.89. The van der Waals surface area contributed by atoms with E-state index in [1.807, 2.05) is 19.3 Å². The van der Waals surface area contributed by atoms with E-state index < -0.39 is 0 Å². The molecule has 0 unspecified atom stereocenters. The second-order valence-electron chi connectivity index (χ2n) is 3.66. The summed E-state index contributed by atoms with van der Waals surface area (Å²) in [6, 6.07) is 4.75. The molecule has 0 spiro atoms. The minimum Gasteiger partial charge on any atom is -0.346 e. The molecular formula is C11H10Cl2N4O. The molecule has 94 valence electrons. The molecule has 0 atom stereocenters. The zero-order chi connectivity index (χ0) is 13.1. The third kappa shape index (κ3) is 3.21. The van der Waals surface area contributed by atoms with Crippen LogP contribution < -0.4 is 5.32 Å². The van der Waals surface area contributed by atoms with Gasteiger partial charge in [0, 0.05) is 18.8 Å². The minimum atomic E-state index is -0.271. The lowest BCUT2D eigenvalue weighted by Crippen LogP contribution is -2.23. The van der Waals surface area contributed by atoms with Crippen molar-refractivity contribution in [3.63, 3.8) is 0 Å². The summed E-state index contributed by atoms with van der Waals surface area (Å²) in [6.45, 7) is 0.344. The molecule has 0 radical (unpaired) electrons. The Morgan fingerprint density at radius 1 is 1.39 bits per heavy atom. The van der Waals surface area contributed by atoms with Gasteiger partial charge in [-0.15, -0.1) is 0 Å². The van der Waals surface area contributed by atoms with Crippen LogP contribution in [0.25, 0.3) is 0 Å². The molecule has 2 heterocycles. The van der Waals surface area contributed by atoms with Crippen molar-refractivity contribution in [2.24, 2.45) is 7.05 Å². The molecule has 0 aliphatic rings. The fraction of sp³-hybridized carbons (Fsp3) is 0.182. The van der Waals surface area contributed by atoms with E-state index in [-0.39, 0.29) is 16.2 Å². The van der Waals surface area contributed by atoms with Gasteiger partial charge in [-0.3, -0.25) is 9.48 Å². The number of pyridine rings is 1. The highest BCUT2D eigenvalue weighted by atomic mass is 35.5. The van der Waals surface area contributed by atoms with Crippen molar-refractivity contribution in [3.05, 3.63) is 46.0 Å². The van der Waals surface area contributed by atoms with Crippen LogP contribution in [0.1, 0.15) is 16.1 Å². The molecule has 0 aliphatic heterocycles. The molecule has 2 aromatic heterocycles. The maximum Gasteiger partial charge on any atom is 0.251 e. The van der Waals surface area contributed by atoms with Gasteiger partial charge >= 0.3 is 0 Å². The Morgan fingerprint density at radius 3 is 2.61 bits per heavy atom. The molecule has 0 saturated carbocycles. The van der Waals surface area contributed by atoms with E-state index in [4.69, 9.17) is 23.2 Å². The van der Waals surface area contributed by atoms with E-state index in [1.165, 1.54) is 12.1 Å². The van der Waals surface area contributed by atoms with Gasteiger partial charge in [0.25, 0.3) is 5.91 Å². The van der Waals surface area contributed by atoms with Crippen LogP contribution in [0.3, 0.4) is 0 Å². The number of hydrogen-bond donors (Lipinski definition) is 1. The number of halogens is 2. The van der Waals surface area contributed by atoms with Crippen LogP contribution in [-0.2, 0) is 13.6 Å².